The molecule has 0 saturated heterocycles. The van der Waals surface area contributed by atoms with Crippen LogP contribution in [0.15, 0.2) is 66.7 Å². The van der Waals surface area contributed by atoms with E-state index >= 15 is 0 Å². The molecule has 6 aromatic rings. The third-order valence-electron chi connectivity index (χ3n) is 11.6. The zero-order valence-corrected chi connectivity index (χ0v) is 49.5. The molecule has 430 valence electrons. The van der Waals surface area contributed by atoms with Gasteiger partial charge in [0.2, 0.25) is 27.7 Å². The molecule has 1 heterocycles. The summed E-state index contributed by atoms with van der Waals surface area (Å²) >= 11 is 41.1. The first-order valence-electron chi connectivity index (χ1n) is 23.7. The summed E-state index contributed by atoms with van der Waals surface area (Å²) in [4.78, 5) is 70.8. The van der Waals surface area contributed by atoms with Crippen molar-refractivity contribution in [3.8, 4) is 12.2 Å². The summed E-state index contributed by atoms with van der Waals surface area (Å²) in [6, 6.07) is 18.2. The molecule has 5 aromatic carbocycles. The summed E-state index contributed by atoms with van der Waals surface area (Å²) < 4.78 is 7.19. The number of ether oxygens (including phenoxy) is 1. The van der Waals surface area contributed by atoms with Crippen molar-refractivity contribution in [1.29, 1.82) is 0 Å². The summed E-state index contributed by atoms with van der Waals surface area (Å²) in [6.07, 6.45) is 6.23. The van der Waals surface area contributed by atoms with Gasteiger partial charge in [0.25, 0.3) is 17.1 Å². The molecule has 1 aromatic heterocycles. The standard InChI is InChI=1S/C28H35Cl2N5O3.C8H3BCl2N2O3.C8H7BClN3O3.C6H4Cl2N2O2/c1-27(2,3)38-26(37)34-21-15-23-22(14-19(21)30)33-25(35(23)5)32-20-13-17(9-10-18(20)29)16-31-24(36)28(4)11-7-6-8-12-28;9-12(1-2-14)7-3-6(11)8(13(15)16)4-5(7)10;1-11-6-3-5(12-8(9)14)4(10)2-7(6)13(15)16;7-3-2-6(10(11)12)4(8)1-5(3)9/h9-10,13-15H,6-8,11-12,16H2,1-5H3,(H,31,36)(H,32,33)(H,34,37);3-4,14H;2-3,11H,1H3,(H,12,14);1-2H,9H2. The lowest BCUT2D eigenvalue weighted by Crippen LogP contribution is -2.39. The number of aliphatic hydroxyl groups excluding tert-OH is 1. The molecule has 8 N–H and O–H groups in total. The smallest absolute Gasteiger partial charge is 0.412 e. The highest BCUT2D eigenvalue weighted by molar-refractivity contribution is 6.60. The average Bonchev–Trinajstić information content (AvgIpc) is 3.72. The van der Waals surface area contributed by atoms with Crippen LogP contribution in [-0.2, 0) is 23.1 Å². The predicted molar refractivity (Wildman–Crippen MR) is 324 cm³/mol. The highest BCUT2D eigenvalue weighted by atomic mass is 35.5. The minimum Gasteiger partial charge on any atom is -0.461 e. The Morgan fingerprint density at radius 2 is 1.33 bits per heavy atom. The van der Waals surface area contributed by atoms with Gasteiger partial charge in [-0.15, -0.1) is 0 Å². The van der Waals surface area contributed by atoms with Crippen molar-refractivity contribution < 1.29 is 39.0 Å². The molecule has 0 unspecified atom stereocenters. The second kappa shape index (κ2) is 29.6. The maximum atomic E-state index is 12.9. The zero-order valence-electron chi connectivity index (χ0n) is 44.2. The van der Waals surface area contributed by atoms with Crippen LogP contribution in [0.3, 0.4) is 0 Å². The number of aromatic nitrogens is 2. The largest absolute Gasteiger partial charge is 0.461 e. The minimum absolute atomic E-state index is 0.00125. The van der Waals surface area contributed by atoms with Gasteiger partial charge in [-0.1, -0.05) is 113 Å². The monoisotopic (exact) mass is 1260 g/mol. The topological polar surface area (TPSA) is 317 Å². The molecule has 1 fully saturated rings. The number of amides is 3. The van der Waals surface area contributed by atoms with Gasteiger partial charge < -0.3 is 46.2 Å². The number of aryl methyl sites for hydroxylation is 1. The van der Waals surface area contributed by atoms with Gasteiger partial charge in [0.1, 0.15) is 27.4 Å². The lowest BCUT2D eigenvalue weighted by atomic mass is 9.75. The Kier molecular flexibility index (Phi) is 24.3. The summed E-state index contributed by atoms with van der Waals surface area (Å²) in [6.45, 7) is 7.85. The first-order chi connectivity index (χ1) is 38.3. The molecule has 0 spiro atoms. The van der Waals surface area contributed by atoms with Gasteiger partial charge in [-0.25, -0.2) is 9.78 Å². The van der Waals surface area contributed by atoms with Gasteiger partial charge in [0.15, 0.2) is 5.81 Å². The fraction of sp³-hybridized carbons (Fsp3) is 0.280. The summed E-state index contributed by atoms with van der Waals surface area (Å²) in [5.74, 6) is -0.147. The number of benzene rings is 5. The van der Waals surface area contributed by atoms with Crippen LogP contribution in [-0.4, -0.2) is 75.7 Å². The number of nitro groups is 3. The Morgan fingerprint density at radius 3 is 1.89 bits per heavy atom. The number of nitrogens with zero attached hydrogens (tertiary/aromatic N) is 6. The van der Waals surface area contributed by atoms with E-state index < -0.39 is 32.3 Å². The Bertz CT molecular complexity index is 3480. The Morgan fingerprint density at radius 1 is 0.768 bits per heavy atom. The molecule has 1 saturated carbocycles. The number of fused-ring (bicyclic) bond motifs is 1. The molecule has 32 heteroatoms. The van der Waals surface area contributed by atoms with Crippen LogP contribution in [0.25, 0.3) is 11.0 Å². The molecule has 1 aliphatic rings. The van der Waals surface area contributed by atoms with E-state index in [2.05, 4.69) is 44.5 Å². The molecule has 0 aliphatic heterocycles. The van der Waals surface area contributed by atoms with E-state index in [1.807, 2.05) is 23.7 Å². The Balaban J connectivity index is 0.000000270. The first kappa shape index (κ1) is 67.2. The number of nitrogens with two attached hydrogens (primary N) is 1. The Labute approximate surface area is 507 Å². The second-order valence-corrected chi connectivity index (χ2v) is 21.6. The lowest BCUT2D eigenvalue weighted by Gasteiger charge is -2.32. The van der Waals surface area contributed by atoms with Crippen molar-refractivity contribution in [2.75, 3.05) is 38.9 Å². The van der Waals surface area contributed by atoms with Crippen molar-refractivity contribution in [2.45, 2.75) is 71.9 Å². The summed E-state index contributed by atoms with van der Waals surface area (Å²) in [5.41, 5.74) is 7.92. The third kappa shape index (κ3) is 18.9. The number of nitrogens with one attached hydrogen (secondary N) is 5. The number of nitrogen functional groups attached to an aromatic ring is 1. The molecule has 0 atom stereocenters. The second-order valence-electron chi connectivity index (χ2n) is 18.7. The third-order valence-corrected chi connectivity index (χ3v) is 13.7. The van der Waals surface area contributed by atoms with Gasteiger partial charge >= 0.3 is 6.09 Å². The van der Waals surface area contributed by atoms with Crippen molar-refractivity contribution in [2.24, 2.45) is 12.5 Å². The van der Waals surface area contributed by atoms with E-state index in [4.69, 9.17) is 113 Å². The van der Waals surface area contributed by atoms with Crippen LogP contribution in [0, 0.1) is 47.9 Å². The number of anilines is 7. The van der Waals surface area contributed by atoms with E-state index in [0.29, 0.717) is 39.4 Å². The van der Waals surface area contributed by atoms with Crippen LogP contribution >= 0.6 is 81.2 Å². The average molecular weight is 1260 g/mol. The van der Waals surface area contributed by atoms with Gasteiger partial charge in [0, 0.05) is 50.3 Å². The number of imidazole rings is 1. The number of aliphatic hydroxyl groups is 1. The molecule has 1 aliphatic carbocycles. The fourth-order valence-electron chi connectivity index (χ4n) is 7.49. The molecule has 23 nitrogen and oxygen atoms in total. The maximum Gasteiger partial charge on any atom is 0.412 e. The van der Waals surface area contributed by atoms with E-state index in [-0.39, 0.29) is 76.2 Å². The predicted octanol–water partition coefficient (Wildman–Crippen LogP) is 14.1. The van der Waals surface area contributed by atoms with Crippen LogP contribution in [0.5, 0.6) is 0 Å². The van der Waals surface area contributed by atoms with E-state index in [9.17, 15) is 44.7 Å². The van der Waals surface area contributed by atoms with E-state index in [1.165, 1.54) is 31.7 Å². The van der Waals surface area contributed by atoms with Gasteiger partial charge in [-0.3, -0.25) is 45.2 Å². The summed E-state index contributed by atoms with van der Waals surface area (Å²) in [7, 11) is 13.7. The van der Waals surface area contributed by atoms with Crippen molar-refractivity contribution >= 4 is 183 Å². The highest BCUT2D eigenvalue weighted by Gasteiger charge is 2.34. The molecule has 3 amide bonds. The van der Waals surface area contributed by atoms with Crippen molar-refractivity contribution in [3.63, 3.8) is 0 Å². The highest BCUT2D eigenvalue weighted by Crippen LogP contribution is 2.39. The molecule has 4 radical (unpaired) electrons. The molecule has 0 bridgehead atoms. The molecular formula is C50H49B2Cl7N12O11. The van der Waals surface area contributed by atoms with E-state index in [0.717, 1.165) is 59.8 Å². The fourth-order valence-corrected chi connectivity index (χ4v) is 8.94. The molecule has 7 rings (SSSR count). The van der Waals surface area contributed by atoms with Gasteiger partial charge in [-0.05, 0) is 81.6 Å². The number of rotatable bonds is 12. The van der Waals surface area contributed by atoms with Crippen LogP contribution in [0.2, 0.25) is 35.2 Å². The number of hydrogen-bond donors (Lipinski definition) is 7. The number of hydrogen-bond acceptors (Lipinski definition) is 16. The minimum atomic E-state index is -0.794. The van der Waals surface area contributed by atoms with Gasteiger partial charge in [-0.2, -0.15) is 0 Å². The number of nitro benzene ring substituents is 3. The van der Waals surface area contributed by atoms with Crippen molar-refractivity contribution in [1.82, 2.24) is 14.9 Å². The summed E-state index contributed by atoms with van der Waals surface area (Å²) in [5, 5.41) is 54.7. The van der Waals surface area contributed by atoms with Crippen LogP contribution in [0.1, 0.15) is 65.4 Å². The van der Waals surface area contributed by atoms with E-state index in [1.54, 1.807) is 45.1 Å². The SMILES string of the molecule is Cn1c(Nc2cc(CNC(=O)C3(C)CCCCC3)ccc2Cl)nc2cc(Cl)c(NC(=O)OC(C)(C)C)cc21.Nc1cc(Cl)c([N+](=O)[O-])cc1Cl.[B]C(=O)Nc1cc(NC)c([N+](=O)[O-])cc1Cl.[B]N(C#CO)c1cc(Cl)c([N+](=O)[O-])cc1Cl. The quantitative estimate of drug-likeness (QED) is 0.0149. The van der Waals surface area contributed by atoms with Crippen LogP contribution in [0.4, 0.5) is 66.7 Å². The Hall–Kier alpha value is -7.30. The normalized spacial score (nSPS) is 12.2. The zero-order chi connectivity index (χ0) is 61.6. The lowest BCUT2D eigenvalue weighted by molar-refractivity contribution is -0.384. The number of halogens is 7. The number of carbonyl (C=O) groups is 3. The van der Waals surface area contributed by atoms with Crippen LogP contribution < -0.4 is 37.1 Å². The maximum absolute atomic E-state index is 12.9. The number of carbonyl (C=O) groups excluding carboxylic acids is 3. The first-order valence-corrected chi connectivity index (χ1v) is 26.4. The van der Waals surface area contributed by atoms with Crippen molar-refractivity contribution in [3.05, 3.63) is 138 Å². The molecular weight excluding hydrogens is 1210 g/mol. The molecule has 82 heavy (non-hydrogen) atoms. The van der Waals surface area contributed by atoms with Gasteiger partial charge in [0.05, 0.1) is 79.4 Å².